The number of carbonyl (C=O) groups is 1. The van der Waals surface area contributed by atoms with Crippen molar-refractivity contribution in [1.82, 2.24) is 0 Å². The number of carbonyl (C=O) groups excluding carboxylic acids is 1. The van der Waals surface area contributed by atoms with Crippen molar-refractivity contribution in [3.63, 3.8) is 0 Å². The summed E-state index contributed by atoms with van der Waals surface area (Å²) in [6.45, 7) is 4.62. The third-order valence-corrected chi connectivity index (χ3v) is 4.07. The van der Waals surface area contributed by atoms with Crippen molar-refractivity contribution in [3.05, 3.63) is 0 Å². The number of unbranched alkanes of at least 4 members (excludes halogenated alkanes) is 8. The molecule has 0 radical (unpaired) electrons. The third-order valence-electron chi connectivity index (χ3n) is 3.51. The van der Waals surface area contributed by atoms with Crippen molar-refractivity contribution < 1.29 is 14.3 Å². The first-order valence-electron chi connectivity index (χ1n) is 8.60. The minimum atomic E-state index is -0.503. The Hall–Kier alpha value is -0.250. The molecule has 0 aliphatic heterocycles. The Morgan fingerprint density at radius 3 is 2.24 bits per heavy atom. The summed E-state index contributed by atoms with van der Waals surface area (Å²) in [4.78, 5) is 11.5. The normalized spacial score (nSPS) is 12.1. The van der Waals surface area contributed by atoms with Crippen molar-refractivity contribution in [3.8, 4) is 0 Å². The SMILES string of the molecule is CCCCCCC(C)OC(=O)OCCCCCCCCBr. The quantitative estimate of drug-likeness (QED) is 0.208. The molecule has 0 aromatic heterocycles. The maximum absolute atomic E-state index is 11.5. The Balaban J connectivity index is 3.32. The van der Waals surface area contributed by atoms with Crippen LogP contribution in [0.15, 0.2) is 0 Å². The van der Waals surface area contributed by atoms with Gasteiger partial charge < -0.3 is 9.47 Å². The monoisotopic (exact) mass is 364 g/mol. The fourth-order valence-corrected chi connectivity index (χ4v) is 2.57. The maximum atomic E-state index is 11.5. The number of alkyl halides is 1. The summed E-state index contributed by atoms with van der Waals surface area (Å²) in [5.41, 5.74) is 0. The second kappa shape index (κ2) is 16.1. The molecule has 1 unspecified atom stereocenters. The van der Waals surface area contributed by atoms with E-state index in [1.165, 1.54) is 44.9 Å². The van der Waals surface area contributed by atoms with Crippen molar-refractivity contribution >= 4 is 22.1 Å². The highest BCUT2D eigenvalue weighted by Crippen LogP contribution is 2.09. The van der Waals surface area contributed by atoms with Gasteiger partial charge in [0.15, 0.2) is 0 Å². The zero-order chi connectivity index (χ0) is 15.8. The average Bonchev–Trinajstić information content (AvgIpc) is 2.46. The van der Waals surface area contributed by atoms with Gasteiger partial charge in [-0.2, -0.15) is 0 Å². The third kappa shape index (κ3) is 16.0. The highest BCUT2D eigenvalue weighted by Gasteiger charge is 2.10. The molecule has 1 atom stereocenters. The van der Waals surface area contributed by atoms with Crippen molar-refractivity contribution in [2.45, 2.75) is 90.6 Å². The van der Waals surface area contributed by atoms with Gasteiger partial charge in [0.05, 0.1) is 6.61 Å². The fraction of sp³-hybridized carbons (Fsp3) is 0.941. The number of halogens is 1. The van der Waals surface area contributed by atoms with Gasteiger partial charge in [-0.05, 0) is 32.6 Å². The molecule has 0 spiro atoms. The van der Waals surface area contributed by atoms with E-state index in [1.54, 1.807) is 0 Å². The van der Waals surface area contributed by atoms with E-state index >= 15 is 0 Å². The van der Waals surface area contributed by atoms with E-state index < -0.39 is 6.16 Å². The van der Waals surface area contributed by atoms with E-state index in [0.29, 0.717) is 6.61 Å². The van der Waals surface area contributed by atoms with Crippen LogP contribution in [0.1, 0.15) is 84.5 Å². The summed E-state index contributed by atoms with van der Waals surface area (Å²) in [6.07, 6.45) is 12.3. The minimum absolute atomic E-state index is 0.0291. The molecule has 0 aromatic rings. The van der Waals surface area contributed by atoms with Gasteiger partial charge in [0.1, 0.15) is 6.10 Å². The van der Waals surface area contributed by atoms with Crippen LogP contribution in [0.4, 0.5) is 4.79 Å². The van der Waals surface area contributed by atoms with E-state index in [2.05, 4.69) is 22.9 Å². The van der Waals surface area contributed by atoms with Gasteiger partial charge in [0.25, 0.3) is 0 Å². The molecule has 0 fully saturated rings. The van der Waals surface area contributed by atoms with E-state index in [-0.39, 0.29) is 6.10 Å². The van der Waals surface area contributed by atoms with Crippen LogP contribution in [0.2, 0.25) is 0 Å². The first-order chi connectivity index (χ1) is 10.2. The Morgan fingerprint density at radius 1 is 0.952 bits per heavy atom. The van der Waals surface area contributed by atoms with Gasteiger partial charge in [-0.1, -0.05) is 67.8 Å². The molecule has 0 heterocycles. The first kappa shape index (κ1) is 20.8. The Labute approximate surface area is 139 Å². The number of ether oxygens (including phenoxy) is 2. The predicted molar refractivity (Wildman–Crippen MR) is 92.2 cm³/mol. The molecule has 126 valence electrons. The second-order valence-corrected chi connectivity index (χ2v) is 6.48. The fourth-order valence-electron chi connectivity index (χ4n) is 2.17. The molecule has 0 saturated heterocycles. The molecule has 0 bridgehead atoms. The molecule has 0 amide bonds. The van der Waals surface area contributed by atoms with Crippen LogP contribution in [0.5, 0.6) is 0 Å². The number of rotatable bonds is 14. The van der Waals surface area contributed by atoms with Crippen molar-refractivity contribution in [2.75, 3.05) is 11.9 Å². The molecule has 21 heavy (non-hydrogen) atoms. The molecule has 3 nitrogen and oxygen atoms in total. The molecule has 0 aliphatic carbocycles. The lowest BCUT2D eigenvalue weighted by Crippen LogP contribution is -2.16. The molecule has 0 aromatic carbocycles. The van der Waals surface area contributed by atoms with Gasteiger partial charge in [-0.3, -0.25) is 0 Å². The second-order valence-electron chi connectivity index (χ2n) is 5.69. The molecule has 0 saturated carbocycles. The van der Waals surface area contributed by atoms with Gasteiger partial charge >= 0.3 is 6.16 Å². The van der Waals surface area contributed by atoms with Gasteiger partial charge in [-0.15, -0.1) is 0 Å². The summed E-state index contributed by atoms with van der Waals surface area (Å²) in [6, 6.07) is 0. The molecule has 0 N–H and O–H groups in total. The van der Waals surface area contributed by atoms with E-state index in [9.17, 15) is 4.79 Å². The van der Waals surface area contributed by atoms with Gasteiger partial charge in [-0.25, -0.2) is 4.79 Å². The number of hydrogen-bond acceptors (Lipinski definition) is 3. The topological polar surface area (TPSA) is 35.5 Å². The van der Waals surface area contributed by atoms with Gasteiger partial charge in [0.2, 0.25) is 0 Å². The van der Waals surface area contributed by atoms with Crippen LogP contribution in [-0.2, 0) is 9.47 Å². The Kier molecular flexibility index (Phi) is 15.9. The number of hydrogen-bond donors (Lipinski definition) is 0. The molecule has 0 aliphatic rings. The van der Waals surface area contributed by atoms with E-state index in [4.69, 9.17) is 9.47 Å². The van der Waals surface area contributed by atoms with Gasteiger partial charge in [0, 0.05) is 5.33 Å². The minimum Gasteiger partial charge on any atom is -0.434 e. The summed E-state index contributed by atoms with van der Waals surface area (Å²) in [7, 11) is 0. The lowest BCUT2D eigenvalue weighted by molar-refractivity contribution is 0.0251. The molecular weight excluding hydrogens is 332 g/mol. The van der Waals surface area contributed by atoms with Crippen LogP contribution in [0, 0.1) is 0 Å². The standard InChI is InChI=1S/C17H33BrO3/c1-3-4-5-10-13-16(2)21-17(19)20-15-12-9-7-6-8-11-14-18/h16H,3-15H2,1-2H3. The van der Waals surface area contributed by atoms with Crippen molar-refractivity contribution in [2.24, 2.45) is 0 Å². The Bertz CT molecular complexity index is 234. The smallest absolute Gasteiger partial charge is 0.434 e. The molecular formula is C17H33BrO3. The molecule has 0 rings (SSSR count). The Morgan fingerprint density at radius 2 is 1.57 bits per heavy atom. The van der Waals surface area contributed by atoms with Crippen LogP contribution in [-0.4, -0.2) is 24.2 Å². The largest absolute Gasteiger partial charge is 0.508 e. The summed E-state index contributed by atoms with van der Waals surface area (Å²) >= 11 is 3.43. The van der Waals surface area contributed by atoms with Crippen LogP contribution < -0.4 is 0 Å². The summed E-state index contributed by atoms with van der Waals surface area (Å²) in [5.74, 6) is 0. The zero-order valence-electron chi connectivity index (χ0n) is 13.9. The highest BCUT2D eigenvalue weighted by atomic mass is 79.9. The lowest BCUT2D eigenvalue weighted by Gasteiger charge is -2.13. The zero-order valence-corrected chi connectivity index (χ0v) is 15.5. The van der Waals surface area contributed by atoms with Crippen molar-refractivity contribution in [1.29, 1.82) is 0 Å². The highest BCUT2D eigenvalue weighted by molar-refractivity contribution is 9.09. The lowest BCUT2D eigenvalue weighted by atomic mass is 10.1. The van der Waals surface area contributed by atoms with Crippen LogP contribution >= 0.6 is 15.9 Å². The predicted octanol–water partition coefficient (Wildman–Crippen LogP) is 6.23. The average molecular weight is 365 g/mol. The summed E-state index contributed by atoms with van der Waals surface area (Å²) in [5, 5.41) is 1.10. The maximum Gasteiger partial charge on any atom is 0.508 e. The van der Waals surface area contributed by atoms with Crippen LogP contribution in [0.25, 0.3) is 0 Å². The van der Waals surface area contributed by atoms with E-state index in [0.717, 1.165) is 31.0 Å². The van der Waals surface area contributed by atoms with Crippen LogP contribution in [0.3, 0.4) is 0 Å². The van der Waals surface area contributed by atoms with E-state index in [1.807, 2.05) is 6.92 Å². The first-order valence-corrected chi connectivity index (χ1v) is 9.72. The molecule has 4 heteroatoms. The summed E-state index contributed by atoms with van der Waals surface area (Å²) < 4.78 is 10.3.